The van der Waals surface area contributed by atoms with Crippen molar-refractivity contribution in [2.45, 2.75) is 51.5 Å². The lowest BCUT2D eigenvalue weighted by Crippen LogP contribution is -2.40. The second-order valence-corrected chi connectivity index (χ2v) is 10.9. The van der Waals surface area contributed by atoms with Crippen LogP contribution in [0.25, 0.3) is 11.3 Å². The highest BCUT2D eigenvalue weighted by Gasteiger charge is 2.36. The van der Waals surface area contributed by atoms with Gasteiger partial charge in [0, 0.05) is 51.3 Å². The minimum Gasteiger partial charge on any atom is -0.385 e. The predicted molar refractivity (Wildman–Crippen MR) is 157 cm³/mol. The molecule has 2 aromatic carbocycles. The Hall–Kier alpha value is -3.91. The number of urea groups is 1. The molecule has 3 amide bonds. The Bertz CT molecular complexity index is 1350. The van der Waals surface area contributed by atoms with Gasteiger partial charge in [-0.1, -0.05) is 54.6 Å². The van der Waals surface area contributed by atoms with Gasteiger partial charge in [-0.3, -0.25) is 10.1 Å². The Balaban J connectivity index is 1.39. The second kappa shape index (κ2) is 12.5. The molecule has 8 heteroatoms. The Labute approximate surface area is 236 Å². The molecule has 8 nitrogen and oxygen atoms in total. The van der Waals surface area contributed by atoms with Gasteiger partial charge in [0.2, 0.25) is 5.91 Å². The minimum atomic E-state index is -0.231. The van der Waals surface area contributed by atoms with Crippen LogP contribution in [0.3, 0.4) is 0 Å². The van der Waals surface area contributed by atoms with E-state index in [-0.39, 0.29) is 23.9 Å². The number of ether oxygens (including phenoxy) is 1. The number of aromatic nitrogens is 2. The largest absolute Gasteiger partial charge is 0.385 e. The van der Waals surface area contributed by atoms with Gasteiger partial charge < -0.3 is 15.0 Å². The number of benzene rings is 2. The van der Waals surface area contributed by atoms with E-state index >= 15 is 0 Å². The van der Waals surface area contributed by atoms with Gasteiger partial charge in [-0.25, -0.2) is 9.48 Å². The van der Waals surface area contributed by atoms with Crippen LogP contribution in [0.4, 0.5) is 10.6 Å². The molecule has 0 spiro atoms. The molecule has 2 aliphatic rings. The number of methoxy groups -OCH3 is 1. The summed E-state index contributed by atoms with van der Waals surface area (Å²) in [6.45, 7) is 5.55. The summed E-state index contributed by atoms with van der Waals surface area (Å²) in [6, 6.07) is 20.1. The van der Waals surface area contributed by atoms with Gasteiger partial charge in [-0.15, -0.1) is 0 Å². The fraction of sp³-hybridized carbons (Fsp3) is 0.406. The number of amides is 3. The molecule has 40 heavy (non-hydrogen) atoms. The Kier molecular flexibility index (Phi) is 8.65. The zero-order valence-electron chi connectivity index (χ0n) is 23.6. The average molecular weight is 542 g/mol. The highest BCUT2D eigenvalue weighted by molar-refractivity contribution is 5.91. The molecule has 1 fully saturated rings. The monoisotopic (exact) mass is 541 g/mol. The molecule has 1 saturated carbocycles. The van der Waals surface area contributed by atoms with Gasteiger partial charge in [0.1, 0.15) is 5.82 Å². The van der Waals surface area contributed by atoms with Gasteiger partial charge in [-0.2, -0.15) is 5.10 Å². The molecular formula is C32H39N5O3. The molecule has 0 radical (unpaired) electrons. The van der Waals surface area contributed by atoms with Crippen LogP contribution in [0.15, 0.2) is 66.7 Å². The molecule has 1 aliphatic carbocycles. The van der Waals surface area contributed by atoms with Gasteiger partial charge in [-0.05, 0) is 61.8 Å². The third kappa shape index (κ3) is 6.12. The van der Waals surface area contributed by atoms with E-state index in [4.69, 9.17) is 9.84 Å². The number of hydrogen-bond acceptors (Lipinski definition) is 4. The number of anilines is 1. The second-order valence-electron chi connectivity index (χ2n) is 10.9. The third-order valence-corrected chi connectivity index (χ3v) is 8.25. The molecule has 210 valence electrons. The molecule has 1 aromatic heterocycles. The van der Waals surface area contributed by atoms with Crippen LogP contribution in [0.2, 0.25) is 0 Å². The lowest BCUT2D eigenvalue weighted by molar-refractivity contribution is -0.128. The molecule has 2 heterocycles. The van der Waals surface area contributed by atoms with E-state index in [0.717, 1.165) is 54.8 Å². The summed E-state index contributed by atoms with van der Waals surface area (Å²) in [5.74, 6) is 1.47. The maximum atomic E-state index is 13.6. The van der Waals surface area contributed by atoms with Crippen LogP contribution in [-0.4, -0.2) is 59.5 Å². The maximum absolute atomic E-state index is 13.6. The van der Waals surface area contributed by atoms with Crippen molar-refractivity contribution >= 4 is 23.3 Å². The highest BCUT2D eigenvalue weighted by Crippen LogP contribution is 2.40. The number of para-hydroxylation sites is 1. The van der Waals surface area contributed by atoms with Gasteiger partial charge >= 0.3 is 6.03 Å². The van der Waals surface area contributed by atoms with Crippen molar-refractivity contribution in [3.8, 4) is 5.69 Å². The first-order chi connectivity index (χ1) is 19.4. The quantitative estimate of drug-likeness (QED) is 0.392. The number of rotatable bonds is 8. The summed E-state index contributed by atoms with van der Waals surface area (Å²) < 4.78 is 7.16. The molecule has 1 aliphatic heterocycles. The Morgan fingerprint density at radius 3 is 2.42 bits per heavy atom. The van der Waals surface area contributed by atoms with Crippen molar-refractivity contribution in [2.24, 2.45) is 5.92 Å². The average Bonchev–Trinajstić information content (AvgIpc) is 3.53. The summed E-state index contributed by atoms with van der Waals surface area (Å²) in [5.41, 5.74) is 4.98. The van der Waals surface area contributed by atoms with Crippen molar-refractivity contribution in [1.82, 2.24) is 20.0 Å². The first-order valence-corrected chi connectivity index (χ1v) is 14.2. The van der Waals surface area contributed by atoms with Crippen LogP contribution < -0.4 is 10.6 Å². The molecule has 3 atom stereocenters. The van der Waals surface area contributed by atoms with Crippen LogP contribution in [0.5, 0.6) is 0 Å². The fourth-order valence-corrected chi connectivity index (χ4v) is 6.08. The number of hydrogen-bond donors (Lipinski definition) is 2. The van der Waals surface area contributed by atoms with E-state index in [9.17, 15) is 9.59 Å². The SMILES string of the molecule is COCC[C@@H]1C[C@@H](NC(=O)Nc2c(C)c(C3=CCN(C(C)=O)CC3)nn2-c2ccccc2)[C@H](c2ccccc2)C1. The van der Waals surface area contributed by atoms with Crippen LogP contribution in [0.1, 0.15) is 55.3 Å². The minimum absolute atomic E-state index is 0.0238. The number of nitrogens with zero attached hydrogens (tertiary/aromatic N) is 3. The maximum Gasteiger partial charge on any atom is 0.320 e. The number of carbonyl (C=O) groups excluding carboxylic acids is 2. The van der Waals surface area contributed by atoms with Crippen molar-refractivity contribution < 1.29 is 14.3 Å². The lowest BCUT2D eigenvalue weighted by atomic mass is 9.93. The molecule has 5 rings (SSSR count). The van der Waals surface area contributed by atoms with Crippen molar-refractivity contribution in [3.05, 3.63) is 83.6 Å². The summed E-state index contributed by atoms with van der Waals surface area (Å²) in [6.07, 6.45) is 5.72. The lowest BCUT2D eigenvalue weighted by Gasteiger charge is -2.24. The van der Waals surface area contributed by atoms with E-state index < -0.39 is 0 Å². The number of carbonyl (C=O) groups is 2. The smallest absolute Gasteiger partial charge is 0.320 e. The summed E-state index contributed by atoms with van der Waals surface area (Å²) in [7, 11) is 1.74. The topological polar surface area (TPSA) is 88.5 Å². The van der Waals surface area contributed by atoms with Gasteiger partial charge in [0.15, 0.2) is 0 Å². The van der Waals surface area contributed by atoms with Crippen LogP contribution in [-0.2, 0) is 9.53 Å². The first kappa shape index (κ1) is 27.6. The zero-order chi connectivity index (χ0) is 28.1. The zero-order valence-corrected chi connectivity index (χ0v) is 23.6. The summed E-state index contributed by atoms with van der Waals surface area (Å²) in [5, 5.41) is 11.4. The predicted octanol–water partition coefficient (Wildman–Crippen LogP) is 5.54. The number of nitrogens with one attached hydrogen (secondary N) is 2. The first-order valence-electron chi connectivity index (χ1n) is 14.2. The van der Waals surface area contributed by atoms with Gasteiger partial charge in [0.25, 0.3) is 0 Å². The fourth-order valence-electron chi connectivity index (χ4n) is 6.08. The molecular weight excluding hydrogens is 502 g/mol. The van der Waals surface area contributed by atoms with Crippen LogP contribution >= 0.6 is 0 Å². The normalized spacial score (nSPS) is 20.7. The van der Waals surface area contributed by atoms with E-state index in [2.05, 4.69) is 41.0 Å². The summed E-state index contributed by atoms with van der Waals surface area (Å²) >= 11 is 0. The van der Waals surface area contributed by atoms with Crippen LogP contribution in [0, 0.1) is 12.8 Å². The molecule has 3 aromatic rings. The molecule has 2 N–H and O–H groups in total. The standard InChI is InChI=1S/C32H39N5O3/c1-22-30(26-14-17-36(18-15-26)23(2)38)35-37(27-12-8-5-9-13-27)31(22)34-32(39)33-29-21-24(16-19-40-3)20-28(29)25-10-6-4-7-11-25/h4-14,24,28-29H,15-21H2,1-3H3,(H2,33,34,39)/t24-,28-,29+/m0/s1. The molecule has 0 unspecified atom stereocenters. The van der Waals surface area contributed by atoms with Crippen molar-refractivity contribution in [1.29, 1.82) is 0 Å². The molecule has 0 saturated heterocycles. The third-order valence-electron chi connectivity index (χ3n) is 8.25. The van der Waals surface area contributed by atoms with E-state index in [1.807, 2.05) is 52.9 Å². The van der Waals surface area contributed by atoms with Gasteiger partial charge in [0.05, 0.1) is 11.4 Å². The van der Waals surface area contributed by atoms with E-state index in [0.29, 0.717) is 24.8 Å². The highest BCUT2D eigenvalue weighted by atomic mass is 16.5. The van der Waals surface area contributed by atoms with Crippen molar-refractivity contribution in [3.63, 3.8) is 0 Å². The summed E-state index contributed by atoms with van der Waals surface area (Å²) in [4.78, 5) is 27.2. The van der Waals surface area contributed by atoms with Crippen molar-refractivity contribution in [2.75, 3.05) is 32.1 Å². The molecule has 0 bridgehead atoms. The Morgan fingerprint density at radius 1 is 1.05 bits per heavy atom. The van der Waals surface area contributed by atoms with E-state index in [1.165, 1.54) is 5.56 Å². The van der Waals surface area contributed by atoms with E-state index in [1.54, 1.807) is 14.0 Å². The Morgan fingerprint density at radius 2 is 1.77 bits per heavy atom.